The van der Waals surface area contributed by atoms with Crippen LogP contribution in [0.5, 0.6) is 0 Å². The van der Waals surface area contributed by atoms with Gasteiger partial charge in [0.2, 0.25) is 0 Å². The quantitative estimate of drug-likeness (QED) is 0.701. The van der Waals surface area contributed by atoms with Crippen molar-refractivity contribution >= 4 is 11.6 Å². The van der Waals surface area contributed by atoms with Crippen LogP contribution >= 0.6 is 11.6 Å². The highest BCUT2D eigenvalue weighted by atomic mass is 35.5. The third-order valence-electron chi connectivity index (χ3n) is 3.00. The Morgan fingerprint density at radius 3 is 2.94 bits per heavy atom. The maximum Gasteiger partial charge on any atom is 0.161 e. The molecule has 0 bridgehead atoms. The second kappa shape index (κ2) is 4.28. The first-order chi connectivity index (χ1) is 7.84. The molecule has 0 radical (unpaired) electrons. The molecule has 4 nitrogen and oxygen atoms in total. The van der Waals surface area contributed by atoms with Crippen molar-refractivity contribution in [2.24, 2.45) is 0 Å². The molecule has 1 aliphatic heterocycles. The molecule has 0 saturated carbocycles. The fraction of sp³-hybridized carbons (Fsp3) is 0.636. The predicted molar refractivity (Wildman–Crippen MR) is 58.6 cm³/mol. The molecule has 2 aliphatic rings. The lowest BCUT2D eigenvalue weighted by atomic mass is 10.2. The lowest BCUT2D eigenvalue weighted by Gasteiger charge is -2.22. The van der Waals surface area contributed by atoms with Crippen LogP contribution in [0.15, 0.2) is 0 Å². The van der Waals surface area contributed by atoms with Gasteiger partial charge in [0.1, 0.15) is 11.3 Å². The minimum Gasteiger partial charge on any atom is -0.376 e. The fourth-order valence-electron chi connectivity index (χ4n) is 2.19. The second-order valence-electron chi connectivity index (χ2n) is 4.09. The first kappa shape index (κ1) is 10.4. The van der Waals surface area contributed by atoms with E-state index in [1.165, 1.54) is 0 Å². The van der Waals surface area contributed by atoms with Crippen molar-refractivity contribution in [3.05, 3.63) is 22.2 Å². The summed E-state index contributed by atoms with van der Waals surface area (Å²) in [5.41, 5.74) is 2.20. The van der Waals surface area contributed by atoms with Gasteiger partial charge in [-0.25, -0.2) is 9.97 Å². The van der Waals surface area contributed by atoms with Gasteiger partial charge in [0, 0.05) is 11.3 Å². The van der Waals surface area contributed by atoms with Gasteiger partial charge in [-0.15, -0.1) is 0 Å². The average molecular weight is 241 g/mol. The lowest BCUT2D eigenvalue weighted by Crippen LogP contribution is -2.24. The minimum absolute atomic E-state index is 0.155. The van der Waals surface area contributed by atoms with Crippen molar-refractivity contribution in [3.63, 3.8) is 0 Å². The molecular weight excluding hydrogens is 228 g/mol. The number of rotatable bonds is 1. The molecule has 0 N–H and O–H groups in total. The summed E-state index contributed by atoms with van der Waals surface area (Å²) in [6.45, 7) is 1.77. The van der Waals surface area contributed by atoms with E-state index in [0.29, 0.717) is 30.8 Å². The van der Waals surface area contributed by atoms with E-state index in [-0.39, 0.29) is 6.10 Å². The number of hydrogen-bond acceptors (Lipinski definition) is 4. The Morgan fingerprint density at radius 2 is 2.12 bits per heavy atom. The van der Waals surface area contributed by atoms with Crippen LogP contribution in [0.25, 0.3) is 0 Å². The molecule has 2 heterocycles. The first-order valence-corrected chi connectivity index (χ1v) is 5.97. The van der Waals surface area contributed by atoms with Gasteiger partial charge in [0.25, 0.3) is 0 Å². The maximum absolute atomic E-state index is 6.15. The highest BCUT2D eigenvalue weighted by molar-refractivity contribution is 6.30. The second-order valence-corrected chi connectivity index (χ2v) is 4.44. The zero-order chi connectivity index (χ0) is 11.0. The number of nitrogens with zero attached hydrogens (tertiary/aromatic N) is 2. The van der Waals surface area contributed by atoms with Gasteiger partial charge in [-0.2, -0.15) is 0 Å². The number of ether oxygens (including phenoxy) is 2. The van der Waals surface area contributed by atoms with Crippen LogP contribution in [0.1, 0.15) is 29.6 Å². The van der Waals surface area contributed by atoms with E-state index in [2.05, 4.69) is 9.97 Å². The maximum atomic E-state index is 6.15. The van der Waals surface area contributed by atoms with Crippen molar-refractivity contribution in [1.29, 1.82) is 0 Å². The molecule has 86 valence electrons. The van der Waals surface area contributed by atoms with Crippen molar-refractivity contribution < 1.29 is 9.47 Å². The third kappa shape index (κ3) is 1.81. The van der Waals surface area contributed by atoms with Crippen LogP contribution in [-0.4, -0.2) is 29.8 Å². The average Bonchev–Trinajstić information content (AvgIpc) is 2.79. The Kier molecular flexibility index (Phi) is 2.79. The third-order valence-corrected chi connectivity index (χ3v) is 3.32. The molecule has 1 aromatic heterocycles. The number of halogens is 1. The summed E-state index contributed by atoms with van der Waals surface area (Å²) >= 11 is 6.15. The molecule has 1 fully saturated rings. The molecular formula is C11H13ClN2O2. The van der Waals surface area contributed by atoms with E-state index in [4.69, 9.17) is 21.1 Å². The van der Waals surface area contributed by atoms with Crippen molar-refractivity contribution in [2.75, 3.05) is 19.8 Å². The standard InChI is InChI=1S/C11H13ClN2O2/c12-10-7-2-1-3-8(7)13-11(14-10)9-6-15-4-5-16-9/h9H,1-6H2. The molecule has 3 rings (SSSR count). The zero-order valence-electron chi connectivity index (χ0n) is 8.91. The van der Waals surface area contributed by atoms with Crippen LogP contribution in [0.4, 0.5) is 0 Å². The number of aryl methyl sites for hydroxylation is 1. The van der Waals surface area contributed by atoms with Crippen LogP contribution in [0, 0.1) is 0 Å². The summed E-state index contributed by atoms with van der Waals surface area (Å²) < 4.78 is 10.9. The van der Waals surface area contributed by atoms with Gasteiger partial charge in [-0.1, -0.05) is 11.6 Å². The van der Waals surface area contributed by atoms with Crippen LogP contribution in [-0.2, 0) is 22.3 Å². The van der Waals surface area contributed by atoms with Gasteiger partial charge in [0.15, 0.2) is 5.82 Å². The summed E-state index contributed by atoms with van der Waals surface area (Å²) in [7, 11) is 0. The Labute approximate surface area is 98.9 Å². The van der Waals surface area contributed by atoms with Gasteiger partial charge in [-0.05, 0) is 19.3 Å². The number of fused-ring (bicyclic) bond motifs is 1. The van der Waals surface area contributed by atoms with Crippen LogP contribution in [0.2, 0.25) is 5.15 Å². The molecule has 5 heteroatoms. The van der Waals surface area contributed by atoms with Gasteiger partial charge < -0.3 is 9.47 Å². The zero-order valence-corrected chi connectivity index (χ0v) is 9.66. The summed E-state index contributed by atoms with van der Waals surface area (Å²) in [6, 6.07) is 0. The highest BCUT2D eigenvalue weighted by Crippen LogP contribution is 2.28. The van der Waals surface area contributed by atoms with Gasteiger partial charge in [0.05, 0.1) is 19.8 Å². The molecule has 1 aromatic rings. The topological polar surface area (TPSA) is 44.2 Å². The van der Waals surface area contributed by atoms with Gasteiger partial charge >= 0.3 is 0 Å². The monoisotopic (exact) mass is 240 g/mol. The van der Waals surface area contributed by atoms with E-state index >= 15 is 0 Å². The highest BCUT2D eigenvalue weighted by Gasteiger charge is 2.24. The molecule has 1 saturated heterocycles. The van der Waals surface area contributed by atoms with Crippen molar-refractivity contribution in [3.8, 4) is 0 Å². The Balaban J connectivity index is 1.92. The Morgan fingerprint density at radius 1 is 1.19 bits per heavy atom. The van der Waals surface area contributed by atoms with E-state index in [9.17, 15) is 0 Å². The van der Waals surface area contributed by atoms with Crippen molar-refractivity contribution in [2.45, 2.75) is 25.4 Å². The summed E-state index contributed by atoms with van der Waals surface area (Å²) in [5, 5.41) is 0.590. The number of hydrogen-bond donors (Lipinski definition) is 0. The van der Waals surface area contributed by atoms with Crippen molar-refractivity contribution in [1.82, 2.24) is 9.97 Å². The lowest BCUT2D eigenvalue weighted by molar-refractivity contribution is -0.0935. The Hall–Kier alpha value is -0.710. The Bertz CT molecular complexity index is 405. The molecule has 0 aromatic carbocycles. The van der Waals surface area contributed by atoms with Crippen LogP contribution < -0.4 is 0 Å². The molecule has 0 spiro atoms. The van der Waals surface area contributed by atoms with E-state index in [1.54, 1.807) is 0 Å². The summed E-state index contributed by atoms with van der Waals surface area (Å²) in [4.78, 5) is 8.86. The predicted octanol–water partition coefficient (Wildman–Crippen LogP) is 1.71. The fourth-order valence-corrected chi connectivity index (χ4v) is 2.48. The van der Waals surface area contributed by atoms with Gasteiger partial charge in [-0.3, -0.25) is 0 Å². The van der Waals surface area contributed by atoms with E-state index < -0.39 is 0 Å². The van der Waals surface area contributed by atoms with Crippen LogP contribution in [0.3, 0.4) is 0 Å². The summed E-state index contributed by atoms with van der Waals surface area (Å²) in [6.07, 6.45) is 2.96. The summed E-state index contributed by atoms with van der Waals surface area (Å²) in [5.74, 6) is 0.672. The normalized spacial score (nSPS) is 24.4. The smallest absolute Gasteiger partial charge is 0.161 e. The number of aromatic nitrogens is 2. The molecule has 16 heavy (non-hydrogen) atoms. The largest absolute Gasteiger partial charge is 0.376 e. The SMILES string of the molecule is Clc1nc(C2COCCO2)nc2c1CCC2. The molecule has 1 unspecified atom stereocenters. The molecule has 1 aliphatic carbocycles. The molecule has 0 amide bonds. The minimum atomic E-state index is -0.155. The van der Waals surface area contributed by atoms with E-state index in [0.717, 1.165) is 30.5 Å². The molecule has 1 atom stereocenters. The first-order valence-electron chi connectivity index (χ1n) is 5.59. The van der Waals surface area contributed by atoms with E-state index in [1.807, 2.05) is 0 Å².